The second-order valence-electron chi connectivity index (χ2n) is 11.3. The summed E-state index contributed by atoms with van der Waals surface area (Å²) in [5.74, 6) is -1.28. The molecule has 0 saturated heterocycles. The molecule has 2 N–H and O–H groups in total. The number of hydrogen-bond acceptors (Lipinski definition) is 7. The second kappa shape index (κ2) is 16.7. The molecule has 2 aromatic carbocycles. The SMILES string of the molecule is CC(C)(C)OC(=O)CC(CCCCCC(=O)OCc1ccccc1)C(=O)NCCCNc1ccnc2cc(Cl)ccc12. The van der Waals surface area contributed by atoms with Crippen molar-refractivity contribution in [2.45, 2.75) is 77.9 Å². The number of halogens is 1. The first-order valence-corrected chi connectivity index (χ1v) is 15.0. The molecular weight excluding hydrogens is 554 g/mol. The van der Waals surface area contributed by atoms with Crippen molar-refractivity contribution in [2.75, 3.05) is 18.4 Å². The van der Waals surface area contributed by atoms with Crippen molar-refractivity contribution >= 4 is 46.0 Å². The van der Waals surface area contributed by atoms with Crippen molar-refractivity contribution in [3.05, 3.63) is 71.4 Å². The molecule has 3 rings (SSSR count). The Labute approximate surface area is 253 Å². The number of carbonyl (C=O) groups is 3. The van der Waals surface area contributed by atoms with Crippen LogP contribution < -0.4 is 10.6 Å². The Balaban J connectivity index is 1.41. The van der Waals surface area contributed by atoms with E-state index in [9.17, 15) is 14.4 Å². The van der Waals surface area contributed by atoms with Crippen molar-refractivity contribution in [2.24, 2.45) is 5.92 Å². The molecule has 1 aromatic heterocycles. The minimum Gasteiger partial charge on any atom is -0.461 e. The summed E-state index contributed by atoms with van der Waals surface area (Å²) in [7, 11) is 0. The first kappa shape index (κ1) is 32.9. The third-order valence-corrected chi connectivity index (χ3v) is 6.79. The molecule has 0 bridgehead atoms. The highest BCUT2D eigenvalue weighted by Crippen LogP contribution is 2.24. The fraction of sp³-hybridized carbons (Fsp3) is 0.455. The highest BCUT2D eigenvalue weighted by molar-refractivity contribution is 6.31. The maximum absolute atomic E-state index is 13.0. The lowest BCUT2D eigenvalue weighted by atomic mass is 9.96. The summed E-state index contributed by atoms with van der Waals surface area (Å²) in [5, 5.41) is 8.00. The molecule has 3 aromatic rings. The normalized spacial score (nSPS) is 12.0. The standard InChI is InChI=1S/C33H42ClN3O5/c1-33(2,3)42-31(39)21-25(13-8-5-9-14-30(38)41-23-24-11-6-4-7-12-24)32(40)37-19-10-18-35-28-17-20-36-29-22-26(34)15-16-27(28)29/h4,6-7,11-12,15-17,20,22,25H,5,8-10,13-14,18-19,21,23H2,1-3H3,(H,35,36)(H,37,40). The van der Waals surface area contributed by atoms with E-state index in [1.54, 1.807) is 6.20 Å². The van der Waals surface area contributed by atoms with Gasteiger partial charge in [0.2, 0.25) is 5.91 Å². The van der Waals surface area contributed by atoms with Crippen molar-refractivity contribution in [1.82, 2.24) is 10.3 Å². The van der Waals surface area contributed by atoms with Gasteiger partial charge in [-0.05, 0) is 69.9 Å². The van der Waals surface area contributed by atoms with E-state index in [4.69, 9.17) is 21.1 Å². The molecular formula is C33H42ClN3O5. The fourth-order valence-electron chi connectivity index (χ4n) is 4.50. The molecule has 0 aliphatic rings. The van der Waals surface area contributed by atoms with Crippen LogP contribution in [0.3, 0.4) is 0 Å². The lowest BCUT2D eigenvalue weighted by Crippen LogP contribution is -2.35. The van der Waals surface area contributed by atoms with Crippen molar-refractivity contribution in [1.29, 1.82) is 0 Å². The van der Waals surface area contributed by atoms with Crippen LogP contribution in [0.25, 0.3) is 10.9 Å². The van der Waals surface area contributed by atoms with Crippen molar-refractivity contribution < 1.29 is 23.9 Å². The lowest BCUT2D eigenvalue weighted by Gasteiger charge is -2.22. The molecule has 1 unspecified atom stereocenters. The van der Waals surface area contributed by atoms with E-state index in [2.05, 4.69) is 15.6 Å². The summed E-state index contributed by atoms with van der Waals surface area (Å²) in [4.78, 5) is 42.0. The third kappa shape index (κ3) is 12.1. The second-order valence-corrected chi connectivity index (χ2v) is 11.8. The van der Waals surface area contributed by atoms with Crippen LogP contribution in [0.2, 0.25) is 5.02 Å². The molecule has 1 amide bonds. The van der Waals surface area contributed by atoms with E-state index in [-0.39, 0.29) is 24.9 Å². The number of nitrogens with zero attached hydrogens (tertiary/aromatic N) is 1. The van der Waals surface area contributed by atoms with Gasteiger partial charge < -0.3 is 20.1 Å². The zero-order valence-electron chi connectivity index (χ0n) is 24.8. The number of amides is 1. The molecule has 42 heavy (non-hydrogen) atoms. The van der Waals surface area contributed by atoms with Gasteiger partial charge in [0.25, 0.3) is 0 Å². The van der Waals surface area contributed by atoms with Crippen LogP contribution in [-0.2, 0) is 30.5 Å². The number of pyridine rings is 1. The number of esters is 2. The van der Waals surface area contributed by atoms with Crippen molar-refractivity contribution in [3.63, 3.8) is 0 Å². The van der Waals surface area contributed by atoms with Crippen LogP contribution >= 0.6 is 11.6 Å². The summed E-state index contributed by atoms with van der Waals surface area (Å²) in [6.07, 6.45) is 5.45. The summed E-state index contributed by atoms with van der Waals surface area (Å²) < 4.78 is 10.8. The summed E-state index contributed by atoms with van der Waals surface area (Å²) in [6.45, 7) is 6.82. The Bertz CT molecular complexity index is 1310. The quantitative estimate of drug-likeness (QED) is 0.138. The monoisotopic (exact) mass is 595 g/mol. The molecule has 0 aliphatic heterocycles. The van der Waals surface area contributed by atoms with E-state index in [0.717, 1.165) is 28.6 Å². The Hall–Kier alpha value is -3.65. The maximum atomic E-state index is 13.0. The molecule has 0 radical (unpaired) electrons. The Morgan fingerprint density at radius 2 is 1.71 bits per heavy atom. The van der Waals surface area contributed by atoms with Crippen LogP contribution in [0.15, 0.2) is 60.8 Å². The number of ether oxygens (including phenoxy) is 2. The van der Waals surface area contributed by atoms with E-state index in [0.29, 0.717) is 50.2 Å². The van der Waals surface area contributed by atoms with Crippen LogP contribution in [-0.4, -0.2) is 41.5 Å². The number of anilines is 1. The van der Waals surface area contributed by atoms with Gasteiger partial charge in [-0.3, -0.25) is 19.4 Å². The number of rotatable bonds is 16. The van der Waals surface area contributed by atoms with Gasteiger partial charge in [0.1, 0.15) is 12.2 Å². The van der Waals surface area contributed by atoms with E-state index >= 15 is 0 Å². The molecule has 1 atom stereocenters. The fourth-order valence-corrected chi connectivity index (χ4v) is 4.67. The number of hydrogen-bond donors (Lipinski definition) is 2. The highest BCUT2D eigenvalue weighted by atomic mass is 35.5. The number of unbranched alkanes of at least 4 members (excludes halogenated alkanes) is 2. The van der Waals surface area contributed by atoms with Gasteiger partial charge >= 0.3 is 11.9 Å². The average molecular weight is 596 g/mol. The van der Waals surface area contributed by atoms with Gasteiger partial charge in [-0.15, -0.1) is 0 Å². The van der Waals surface area contributed by atoms with Gasteiger partial charge in [-0.1, -0.05) is 54.8 Å². The maximum Gasteiger partial charge on any atom is 0.307 e. The molecule has 0 aliphatic carbocycles. The number of fused-ring (bicyclic) bond motifs is 1. The van der Waals surface area contributed by atoms with Gasteiger partial charge in [0.15, 0.2) is 0 Å². The van der Waals surface area contributed by atoms with E-state index in [1.165, 1.54) is 0 Å². The first-order valence-electron chi connectivity index (χ1n) is 14.6. The topological polar surface area (TPSA) is 107 Å². The van der Waals surface area contributed by atoms with Gasteiger partial charge in [-0.2, -0.15) is 0 Å². The Morgan fingerprint density at radius 1 is 0.929 bits per heavy atom. The van der Waals surface area contributed by atoms with Crippen LogP contribution in [0, 0.1) is 5.92 Å². The largest absolute Gasteiger partial charge is 0.461 e. The smallest absolute Gasteiger partial charge is 0.307 e. The molecule has 0 saturated carbocycles. The Morgan fingerprint density at radius 3 is 2.48 bits per heavy atom. The number of aromatic nitrogens is 1. The summed E-state index contributed by atoms with van der Waals surface area (Å²) in [5.41, 5.74) is 2.10. The number of carbonyl (C=O) groups excluding carboxylic acids is 3. The van der Waals surface area contributed by atoms with Gasteiger partial charge in [0, 0.05) is 47.7 Å². The summed E-state index contributed by atoms with van der Waals surface area (Å²) >= 11 is 6.08. The molecule has 226 valence electrons. The van der Waals surface area contributed by atoms with Gasteiger partial charge in [0.05, 0.1) is 11.9 Å². The van der Waals surface area contributed by atoms with E-state index < -0.39 is 17.5 Å². The summed E-state index contributed by atoms with van der Waals surface area (Å²) in [6, 6.07) is 17.1. The third-order valence-electron chi connectivity index (χ3n) is 6.55. The van der Waals surface area contributed by atoms with Gasteiger partial charge in [-0.25, -0.2) is 0 Å². The zero-order valence-corrected chi connectivity index (χ0v) is 25.5. The predicted octanol–water partition coefficient (Wildman–Crippen LogP) is 6.85. The van der Waals surface area contributed by atoms with Crippen LogP contribution in [0.1, 0.15) is 71.3 Å². The molecule has 1 heterocycles. The van der Waals surface area contributed by atoms with Crippen LogP contribution in [0.5, 0.6) is 0 Å². The van der Waals surface area contributed by atoms with E-state index in [1.807, 2.05) is 75.4 Å². The first-order chi connectivity index (χ1) is 20.1. The highest BCUT2D eigenvalue weighted by Gasteiger charge is 2.25. The minimum atomic E-state index is -0.619. The molecule has 0 spiro atoms. The Kier molecular flexibility index (Phi) is 13.1. The molecule has 9 heteroatoms. The molecule has 0 fully saturated rings. The van der Waals surface area contributed by atoms with Crippen LogP contribution in [0.4, 0.5) is 5.69 Å². The zero-order chi connectivity index (χ0) is 30.4. The number of benzene rings is 2. The lowest BCUT2D eigenvalue weighted by molar-refractivity contribution is -0.157. The number of nitrogens with one attached hydrogen (secondary N) is 2. The van der Waals surface area contributed by atoms with Crippen molar-refractivity contribution in [3.8, 4) is 0 Å². The predicted molar refractivity (Wildman–Crippen MR) is 166 cm³/mol. The average Bonchev–Trinajstić information content (AvgIpc) is 2.94. The minimum absolute atomic E-state index is 0.0199. The molecule has 8 nitrogen and oxygen atoms in total.